The fourth-order valence-electron chi connectivity index (χ4n) is 1.68. The molecule has 0 atom stereocenters. The van der Waals surface area contributed by atoms with E-state index < -0.39 is 4.92 Å². The van der Waals surface area contributed by atoms with Crippen molar-refractivity contribution in [3.05, 3.63) is 74.8 Å². The predicted molar refractivity (Wildman–Crippen MR) is 75.7 cm³/mol. The van der Waals surface area contributed by atoms with Crippen LogP contribution >= 0.6 is 11.6 Å². The van der Waals surface area contributed by atoms with E-state index in [4.69, 9.17) is 11.6 Å². The van der Waals surface area contributed by atoms with Gasteiger partial charge in [-0.1, -0.05) is 41.9 Å². The van der Waals surface area contributed by atoms with Gasteiger partial charge in [-0.2, -0.15) is 0 Å². The highest BCUT2D eigenvalue weighted by Crippen LogP contribution is 2.22. The molecule has 0 radical (unpaired) electrons. The molecule has 0 aliphatic heterocycles. The van der Waals surface area contributed by atoms with Crippen molar-refractivity contribution in [2.24, 2.45) is 0 Å². The Morgan fingerprint density at radius 2 is 1.90 bits per heavy atom. The van der Waals surface area contributed by atoms with Gasteiger partial charge in [0.15, 0.2) is 0 Å². The molecule has 5 nitrogen and oxygen atoms in total. The lowest BCUT2D eigenvalue weighted by molar-refractivity contribution is -0.384. The van der Waals surface area contributed by atoms with E-state index in [9.17, 15) is 14.9 Å². The topological polar surface area (TPSA) is 72.2 Å². The molecule has 1 amide bonds. The molecule has 0 fully saturated rings. The molecule has 0 spiro atoms. The maximum absolute atomic E-state index is 12.0. The Kier molecular flexibility index (Phi) is 4.32. The Balaban J connectivity index is 2.08. The second-order valence-electron chi connectivity index (χ2n) is 4.09. The van der Waals surface area contributed by atoms with Crippen molar-refractivity contribution in [3.8, 4) is 0 Å². The van der Waals surface area contributed by atoms with Gasteiger partial charge in [0, 0.05) is 18.7 Å². The van der Waals surface area contributed by atoms with Gasteiger partial charge in [0.2, 0.25) is 0 Å². The zero-order chi connectivity index (χ0) is 14.5. The molecule has 2 aromatic rings. The molecular formula is C14H11ClN2O3. The van der Waals surface area contributed by atoms with E-state index in [1.807, 2.05) is 30.3 Å². The molecule has 6 heteroatoms. The highest BCUT2D eigenvalue weighted by atomic mass is 35.5. The van der Waals surface area contributed by atoms with Crippen LogP contribution in [0.15, 0.2) is 48.5 Å². The lowest BCUT2D eigenvalue weighted by Gasteiger charge is -2.06. The molecule has 20 heavy (non-hydrogen) atoms. The number of halogens is 1. The van der Waals surface area contributed by atoms with Crippen LogP contribution in [0.25, 0.3) is 0 Å². The maximum Gasteiger partial charge on any atom is 0.270 e. The minimum atomic E-state index is -0.558. The summed E-state index contributed by atoms with van der Waals surface area (Å²) < 4.78 is 0. The summed E-state index contributed by atoms with van der Waals surface area (Å²) in [7, 11) is 0. The molecule has 2 rings (SSSR count). The molecule has 0 aromatic heterocycles. The lowest BCUT2D eigenvalue weighted by Crippen LogP contribution is -2.23. The van der Waals surface area contributed by atoms with Crippen LogP contribution in [-0.2, 0) is 6.54 Å². The second-order valence-corrected chi connectivity index (χ2v) is 4.50. The normalized spacial score (nSPS) is 10.1. The van der Waals surface area contributed by atoms with Crippen molar-refractivity contribution < 1.29 is 9.72 Å². The first kappa shape index (κ1) is 14.0. The largest absolute Gasteiger partial charge is 0.348 e. The van der Waals surface area contributed by atoms with Crippen LogP contribution in [0.4, 0.5) is 5.69 Å². The van der Waals surface area contributed by atoms with Gasteiger partial charge < -0.3 is 5.32 Å². The molecule has 0 saturated carbocycles. The second kappa shape index (κ2) is 6.16. The van der Waals surface area contributed by atoms with E-state index in [1.54, 1.807) is 0 Å². The summed E-state index contributed by atoms with van der Waals surface area (Å²) in [5.74, 6) is -0.367. The van der Waals surface area contributed by atoms with Crippen molar-refractivity contribution in [2.45, 2.75) is 6.54 Å². The quantitative estimate of drug-likeness (QED) is 0.694. The zero-order valence-corrected chi connectivity index (χ0v) is 11.1. The van der Waals surface area contributed by atoms with Crippen LogP contribution in [0.3, 0.4) is 0 Å². The summed E-state index contributed by atoms with van der Waals surface area (Å²) in [5, 5.41) is 13.4. The number of hydrogen-bond acceptors (Lipinski definition) is 3. The van der Waals surface area contributed by atoms with Crippen molar-refractivity contribution >= 4 is 23.2 Å². The van der Waals surface area contributed by atoms with Crippen molar-refractivity contribution in [1.82, 2.24) is 5.32 Å². The average molecular weight is 291 g/mol. The first-order valence-electron chi connectivity index (χ1n) is 5.84. The van der Waals surface area contributed by atoms with E-state index in [-0.39, 0.29) is 22.2 Å². The van der Waals surface area contributed by atoms with Crippen LogP contribution in [0.1, 0.15) is 15.9 Å². The molecule has 0 aliphatic rings. The van der Waals surface area contributed by atoms with E-state index >= 15 is 0 Å². The summed E-state index contributed by atoms with van der Waals surface area (Å²) >= 11 is 5.88. The van der Waals surface area contributed by atoms with Gasteiger partial charge >= 0.3 is 0 Å². The fraction of sp³-hybridized carbons (Fsp3) is 0.0714. The number of benzene rings is 2. The average Bonchev–Trinajstić information content (AvgIpc) is 2.45. The summed E-state index contributed by atoms with van der Waals surface area (Å²) in [6.07, 6.45) is 0. The third kappa shape index (κ3) is 3.33. The van der Waals surface area contributed by atoms with Gasteiger partial charge in [0.05, 0.1) is 15.5 Å². The molecule has 102 valence electrons. The number of carbonyl (C=O) groups excluding carboxylic acids is 1. The lowest BCUT2D eigenvalue weighted by atomic mass is 10.1. The third-order valence-corrected chi connectivity index (χ3v) is 3.02. The third-order valence-electron chi connectivity index (χ3n) is 2.70. The summed E-state index contributed by atoms with van der Waals surface area (Å²) in [6.45, 7) is 0.368. The predicted octanol–water partition coefficient (Wildman–Crippen LogP) is 3.18. The van der Waals surface area contributed by atoms with Crippen LogP contribution < -0.4 is 5.32 Å². The smallest absolute Gasteiger partial charge is 0.270 e. The van der Waals surface area contributed by atoms with Gasteiger partial charge in [-0.05, 0) is 11.6 Å². The number of amides is 1. The van der Waals surface area contributed by atoms with E-state index in [0.29, 0.717) is 6.54 Å². The number of nitro benzene ring substituents is 1. The zero-order valence-electron chi connectivity index (χ0n) is 10.4. The monoisotopic (exact) mass is 290 g/mol. The standard InChI is InChI=1S/C14H11ClN2O3/c15-13-8-11(17(19)20)6-7-12(13)14(18)16-9-10-4-2-1-3-5-10/h1-8H,9H2,(H,16,18). The number of carbonyl (C=O) groups is 1. The number of nitrogens with one attached hydrogen (secondary N) is 1. The first-order valence-corrected chi connectivity index (χ1v) is 6.22. The first-order chi connectivity index (χ1) is 9.58. The van der Waals surface area contributed by atoms with Crippen molar-refractivity contribution in [3.63, 3.8) is 0 Å². The number of nitro groups is 1. The molecule has 0 bridgehead atoms. The van der Waals surface area contributed by atoms with Crippen LogP contribution in [-0.4, -0.2) is 10.8 Å². The molecular weight excluding hydrogens is 280 g/mol. The van der Waals surface area contributed by atoms with Crippen LogP contribution in [0, 0.1) is 10.1 Å². The highest BCUT2D eigenvalue weighted by molar-refractivity contribution is 6.34. The minimum absolute atomic E-state index is 0.0600. The Morgan fingerprint density at radius 3 is 2.50 bits per heavy atom. The number of hydrogen-bond donors (Lipinski definition) is 1. The molecule has 1 N–H and O–H groups in total. The minimum Gasteiger partial charge on any atom is -0.348 e. The van der Waals surface area contributed by atoms with Crippen LogP contribution in [0.2, 0.25) is 5.02 Å². The van der Waals surface area contributed by atoms with E-state index in [2.05, 4.69) is 5.32 Å². The Labute approximate surface area is 120 Å². The fourth-order valence-corrected chi connectivity index (χ4v) is 1.94. The molecule has 0 saturated heterocycles. The summed E-state index contributed by atoms with van der Waals surface area (Å²) in [5.41, 5.74) is 1.03. The molecule has 0 aliphatic carbocycles. The summed E-state index contributed by atoms with van der Waals surface area (Å²) in [4.78, 5) is 22.0. The molecule has 0 heterocycles. The molecule has 2 aromatic carbocycles. The van der Waals surface area contributed by atoms with Crippen molar-refractivity contribution in [1.29, 1.82) is 0 Å². The van der Waals surface area contributed by atoms with E-state index in [1.165, 1.54) is 18.2 Å². The number of rotatable bonds is 4. The summed E-state index contributed by atoms with van der Waals surface area (Å²) in [6, 6.07) is 13.2. The Hall–Kier alpha value is -2.40. The van der Waals surface area contributed by atoms with Crippen LogP contribution in [0.5, 0.6) is 0 Å². The van der Waals surface area contributed by atoms with E-state index in [0.717, 1.165) is 5.56 Å². The number of nitrogens with zero attached hydrogens (tertiary/aromatic N) is 1. The number of non-ortho nitro benzene ring substituents is 1. The Morgan fingerprint density at radius 1 is 1.20 bits per heavy atom. The van der Waals surface area contributed by atoms with Gasteiger partial charge in [0.25, 0.3) is 11.6 Å². The highest BCUT2D eigenvalue weighted by Gasteiger charge is 2.14. The SMILES string of the molecule is O=C(NCc1ccccc1)c1ccc([N+](=O)[O-])cc1Cl. The molecule has 0 unspecified atom stereocenters. The van der Waals surface area contributed by atoms with Crippen molar-refractivity contribution in [2.75, 3.05) is 0 Å². The van der Waals surface area contributed by atoms with Gasteiger partial charge in [-0.15, -0.1) is 0 Å². The van der Waals surface area contributed by atoms with Gasteiger partial charge in [-0.3, -0.25) is 14.9 Å². The maximum atomic E-state index is 12.0. The van der Waals surface area contributed by atoms with Gasteiger partial charge in [-0.25, -0.2) is 0 Å². The Bertz CT molecular complexity index is 644. The van der Waals surface area contributed by atoms with Gasteiger partial charge in [0.1, 0.15) is 0 Å².